The third-order valence-electron chi connectivity index (χ3n) is 5.29. The van der Waals surface area contributed by atoms with Crippen LogP contribution in [0.4, 0.5) is 4.39 Å². The molecule has 31 heavy (non-hydrogen) atoms. The van der Waals surface area contributed by atoms with Crippen LogP contribution in [-0.4, -0.2) is 33.4 Å². The first-order chi connectivity index (χ1) is 15.1. The number of carbonyl (C=O) groups is 2. The number of halogens is 1. The van der Waals surface area contributed by atoms with E-state index in [1.807, 2.05) is 30.3 Å². The van der Waals surface area contributed by atoms with E-state index in [2.05, 4.69) is 15.5 Å². The van der Waals surface area contributed by atoms with E-state index in [9.17, 15) is 14.0 Å². The van der Waals surface area contributed by atoms with E-state index < -0.39 is 0 Å². The predicted octanol–water partition coefficient (Wildman–Crippen LogP) is 3.44. The highest BCUT2D eigenvalue weighted by Gasteiger charge is 2.34. The number of hydrogen-bond acceptors (Lipinski definition) is 5. The Hall–Kier alpha value is -3.55. The lowest BCUT2D eigenvalue weighted by Gasteiger charge is -2.22. The third kappa shape index (κ3) is 5.14. The summed E-state index contributed by atoms with van der Waals surface area (Å²) >= 11 is 0. The lowest BCUT2D eigenvalue weighted by Crippen LogP contribution is -2.31. The minimum absolute atomic E-state index is 0.0995. The maximum Gasteiger partial charge on any atom is 0.254 e. The Balaban J connectivity index is 1.32. The van der Waals surface area contributed by atoms with E-state index in [1.54, 1.807) is 4.90 Å². The topological polar surface area (TPSA) is 88.3 Å². The fourth-order valence-corrected chi connectivity index (χ4v) is 3.65. The molecule has 1 saturated heterocycles. The average molecular weight is 422 g/mol. The molecule has 0 saturated carbocycles. The summed E-state index contributed by atoms with van der Waals surface area (Å²) in [5.41, 5.74) is 1.45. The number of hydrogen-bond donors (Lipinski definition) is 1. The molecule has 160 valence electrons. The first-order valence-corrected chi connectivity index (χ1v) is 10.3. The second kappa shape index (κ2) is 9.51. The summed E-state index contributed by atoms with van der Waals surface area (Å²) in [5.74, 6) is 0.135. The highest BCUT2D eigenvalue weighted by molar-refractivity contribution is 5.94. The van der Waals surface area contributed by atoms with Crippen molar-refractivity contribution in [1.29, 1.82) is 0 Å². The van der Waals surface area contributed by atoms with Gasteiger partial charge < -0.3 is 14.7 Å². The molecule has 1 unspecified atom stereocenters. The number of rotatable bonds is 7. The van der Waals surface area contributed by atoms with Crippen LogP contribution >= 0.6 is 0 Å². The standard InChI is InChI=1S/C23H23FN4O3/c24-18-10-8-17(9-11-18)23(30)28-14-4-7-19(28)22-26-21(31-27-22)13-12-20(29)25-15-16-5-2-1-3-6-16/h1-3,5-6,8-11,19H,4,7,12-15H2,(H,25,29). The normalized spacial score (nSPS) is 15.8. The summed E-state index contributed by atoms with van der Waals surface area (Å²) in [7, 11) is 0. The van der Waals surface area contributed by atoms with Crippen LogP contribution in [0, 0.1) is 5.82 Å². The monoisotopic (exact) mass is 422 g/mol. The number of likely N-dealkylation sites (tertiary alicyclic amines) is 1. The van der Waals surface area contributed by atoms with Crippen molar-refractivity contribution in [1.82, 2.24) is 20.4 Å². The highest BCUT2D eigenvalue weighted by atomic mass is 19.1. The number of aromatic nitrogens is 2. The number of nitrogens with one attached hydrogen (secondary N) is 1. The molecule has 8 heteroatoms. The molecule has 2 amide bonds. The van der Waals surface area contributed by atoms with Crippen molar-refractivity contribution in [2.75, 3.05) is 6.54 Å². The molecule has 1 fully saturated rings. The zero-order valence-electron chi connectivity index (χ0n) is 17.0. The van der Waals surface area contributed by atoms with Crippen LogP contribution in [0.25, 0.3) is 0 Å². The van der Waals surface area contributed by atoms with Gasteiger partial charge in [0.1, 0.15) is 5.82 Å². The molecule has 1 aliphatic heterocycles. The maximum absolute atomic E-state index is 13.2. The summed E-state index contributed by atoms with van der Waals surface area (Å²) in [6.45, 7) is 1.05. The van der Waals surface area contributed by atoms with Gasteiger partial charge in [-0.05, 0) is 42.7 Å². The van der Waals surface area contributed by atoms with E-state index in [4.69, 9.17) is 4.52 Å². The van der Waals surface area contributed by atoms with Crippen molar-refractivity contribution < 1.29 is 18.5 Å². The first kappa shape index (κ1) is 20.7. The van der Waals surface area contributed by atoms with Crippen LogP contribution in [0.3, 0.4) is 0 Å². The molecule has 1 N–H and O–H groups in total. The lowest BCUT2D eigenvalue weighted by molar-refractivity contribution is -0.121. The molecule has 3 aromatic rings. The van der Waals surface area contributed by atoms with E-state index in [0.717, 1.165) is 18.4 Å². The van der Waals surface area contributed by atoms with Gasteiger partial charge in [-0.2, -0.15) is 4.98 Å². The van der Waals surface area contributed by atoms with Crippen molar-refractivity contribution in [3.63, 3.8) is 0 Å². The van der Waals surface area contributed by atoms with Gasteiger partial charge in [0, 0.05) is 31.5 Å². The van der Waals surface area contributed by atoms with Crippen molar-refractivity contribution in [3.8, 4) is 0 Å². The molecule has 0 bridgehead atoms. The molecule has 0 radical (unpaired) electrons. The summed E-state index contributed by atoms with van der Waals surface area (Å²) < 4.78 is 18.5. The highest BCUT2D eigenvalue weighted by Crippen LogP contribution is 2.31. The number of amides is 2. The Kier molecular flexibility index (Phi) is 6.35. The van der Waals surface area contributed by atoms with Gasteiger partial charge in [0.05, 0.1) is 6.04 Å². The average Bonchev–Trinajstić information content (AvgIpc) is 3.46. The molecule has 7 nitrogen and oxygen atoms in total. The molecule has 0 aliphatic carbocycles. The molecule has 1 atom stereocenters. The Bertz CT molecular complexity index is 1040. The number of carbonyl (C=O) groups excluding carboxylic acids is 2. The number of aryl methyl sites for hydroxylation is 1. The van der Waals surface area contributed by atoms with Crippen LogP contribution in [0.2, 0.25) is 0 Å². The maximum atomic E-state index is 13.2. The Morgan fingerprint density at radius 3 is 2.68 bits per heavy atom. The van der Waals surface area contributed by atoms with E-state index >= 15 is 0 Å². The van der Waals surface area contributed by atoms with Crippen LogP contribution in [-0.2, 0) is 17.8 Å². The van der Waals surface area contributed by atoms with Crippen LogP contribution < -0.4 is 5.32 Å². The van der Waals surface area contributed by atoms with Gasteiger partial charge in [0.15, 0.2) is 5.82 Å². The van der Waals surface area contributed by atoms with Gasteiger partial charge in [-0.1, -0.05) is 35.5 Å². The third-order valence-corrected chi connectivity index (χ3v) is 5.29. The minimum atomic E-state index is -0.384. The second-order valence-electron chi connectivity index (χ2n) is 7.47. The Morgan fingerprint density at radius 2 is 1.90 bits per heavy atom. The van der Waals surface area contributed by atoms with Gasteiger partial charge >= 0.3 is 0 Å². The summed E-state index contributed by atoms with van der Waals surface area (Å²) in [6.07, 6.45) is 2.11. The summed E-state index contributed by atoms with van der Waals surface area (Å²) in [5, 5.41) is 6.91. The second-order valence-corrected chi connectivity index (χ2v) is 7.47. The molecule has 4 rings (SSSR count). The lowest BCUT2D eigenvalue weighted by atomic mass is 10.1. The number of nitrogens with zero attached hydrogens (tertiary/aromatic N) is 3. The van der Waals surface area contributed by atoms with Gasteiger partial charge in [0.2, 0.25) is 11.8 Å². The zero-order valence-corrected chi connectivity index (χ0v) is 17.0. The molecule has 1 aromatic heterocycles. The largest absolute Gasteiger partial charge is 0.352 e. The SMILES string of the molecule is O=C(CCc1nc(C2CCCN2C(=O)c2ccc(F)cc2)no1)NCc1ccccc1. The van der Waals surface area contributed by atoms with Crippen molar-refractivity contribution >= 4 is 11.8 Å². The van der Waals surface area contributed by atoms with Crippen molar-refractivity contribution in [3.05, 3.63) is 83.3 Å². The van der Waals surface area contributed by atoms with E-state index in [0.29, 0.717) is 36.8 Å². The molecule has 1 aliphatic rings. The summed E-state index contributed by atoms with van der Waals surface area (Å²) in [4.78, 5) is 31.0. The van der Waals surface area contributed by atoms with Crippen LogP contribution in [0.1, 0.15) is 52.9 Å². The molecule has 2 aromatic carbocycles. The van der Waals surface area contributed by atoms with E-state index in [-0.39, 0.29) is 30.1 Å². The minimum Gasteiger partial charge on any atom is -0.352 e. The Morgan fingerprint density at radius 1 is 1.13 bits per heavy atom. The molecular formula is C23H23FN4O3. The quantitative estimate of drug-likeness (QED) is 0.630. The van der Waals surface area contributed by atoms with Gasteiger partial charge in [-0.25, -0.2) is 4.39 Å². The molecular weight excluding hydrogens is 399 g/mol. The molecule has 2 heterocycles. The number of benzene rings is 2. The Labute approximate surface area is 179 Å². The van der Waals surface area contributed by atoms with Crippen LogP contribution in [0.15, 0.2) is 59.1 Å². The van der Waals surface area contributed by atoms with Gasteiger partial charge in [0.25, 0.3) is 5.91 Å². The smallest absolute Gasteiger partial charge is 0.254 e. The van der Waals surface area contributed by atoms with Gasteiger partial charge in [-0.15, -0.1) is 0 Å². The van der Waals surface area contributed by atoms with Crippen molar-refractivity contribution in [2.45, 2.75) is 38.3 Å². The fourth-order valence-electron chi connectivity index (χ4n) is 3.65. The van der Waals surface area contributed by atoms with Gasteiger partial charge in [-0.3, -0.25) is 9.59 Å². The predicted molar refractivity (Wildman–Crippen MR) is 110 cm³/mol. The van der Waals surface area contributed by atoms with Crippen LogP contribution in [0.5, 0.6) is 0 Å². The summed E-state index contributed by atoms with van der Waals surface area (Å²) in [6, 6.07) is 14.9. The van der Waals surface area contributed by atoms with E-state index in [1.165, 1.54) is 24.3 Å². The molecule has 0 spiro atoms. The van der Waals surface area contributed by atoms with Crippen molar-refractivity contribution in [2.24, 2.45) is 0 Å². The zero-order chi connectivity index (χ0) is 21.6. The fraction of sp³-hybridized carbons (Fsp3) is 0.304. The first-order valence-electron chi connectivity index (χ1n) is 10.3.